The minimum absolute atomic E-state index is 0.218. The normalized spacial score (nSPS) is 23.4. The lowest BCUT2D eigenvalue weighted by molar-refractivity contribution is 0.219. The summed E-state index contributed by atoms with van der Waals surface area (Å²) < 4.78 is 28.7. The van der Waals surface area contributed by atoms with Crippen LogP contribution in [0.15, 0.2) is 29.2 Å². The summed E-state index contributed by atoms with van der Waals surface area (Å²) in [6.07, 6.45) is 2.32. The first-order valence-electron chi connectivity index (χ1n) is 7.18. The van der Waals surface area contributed by atoms with E-state index in [4.69, 9.17) is 10.5 Å². The molecule has 0 amide bonds. The first-order chi connectivity index (χ1) is 9.82. The van der Waals surface area contributed by atoms with Crippen LogP contribution in [0.5, 0.6) is 5.75 Å². The van der Waals surface area contributed by atoms with Gasteiger partial charge < -0.3 is 10.5 Å². The summed E-state index contributed by atoms with van der Waals surface area (Å²) in [4.78, 5) is 2.63. The molecule has 1 aromatic rings. The molecule has 1 unspecified atom stereocenters. The molecule has 1 atom stereocenters. The highest BCUT2D eigenvalue weighted by Crippen LogP contribution is 2.28. The van der Waals surface area contributed by atoms with Crippen LogP contribution in [0, 0.1) is 5.41 Å². The lowest BCUT2D eigenvalue weighted by Crippen LogP contribution is -2.33. The summed E-state index contributed by atoms with van der Waals surface area (Å²) in [5, 5.41) is 0. The maximum absolute atomic E-state index is 11.5. The standard InChI is InChI=1S/C15H24N2O3S/c1-15(11-16)6-7-17(12-15)8-9-20-13-4-3-5-14(10-13)21(2,18)19/h3-5,10H,6-9,11-12,16H2,1-2H3. The zero-order chi connectivity index (χ0) is 15.5. The van der Waals surface area contributed by atoms with E-state index in [1.54, 1.807) is 24.3 Å². The first-order valence-corrected chi connectivity index (χ1v) is 9.07. The minimum Gasteiger partial charge on any atom is -0.492 e. The number of hydrogen-bond donors (Lipinski definition) is 1. The van der Waals surface area contributed by atoms with Crippen molar-refractivity contribution in [2.24, 2.45) is 11.1 Å². The van der Waals surface area contributed by atoms with E-state index in [9.17, 15) is 8.42 Å². The summed E-state index contributed by atoms with van der Waals surface area (Å²) >= 11 is 0. The number of hydrogen-bond acceptors (Lipinski definition) is 5. The van der Waals surface area contributed by atoms with E-state index < -0.39 is 9.84 Å². The molecule has 2 N–H and O–H groups in total. The molecular weight excluding hydrogens is 288 g/mol. The predicted octanol–water partition coefficient (Wildman–Crippen LogP) is 1.14. The molecule has 0 bridgehead atoms. The third-order valence-electron chi connectivity index (χ3n) is 4.04. The monoisotopic (exact) mass is 312 g/mol. The fourth-order valence-corrected chi connectivity index (χ4v) is 3.23. The lowest BCUT2D eigenvalue weighted by atomic mass is 9.90. The Bertz CT molecular complexity index is 588. The molecule has 0 radical (unpaired) electrons. The average Bonchev–Trinajstić information content (AvgIpc) is 2.81. The van der Waals surface area contributed by atoms with Gasteiger partial charge in [-0.15, -0.1) is 0 Å². The van der Waals surface area contributed by atoms with Crippen molar-refractivity contribution in [2.45, 2.75) is 18.2 Å². The summed E-state index contributed by atoms with van der Waals surface area (Å²) in [5.41, 5.74) is 6.01. The van der Waals surface area contributed by atoms with Crippen LogP contribution in [0.1, 0.15) is 13.3 Å². The molecule has 1 aromatic carbocycles. The molecule has 1 aliphatic rings. The highest BCUT2D eigenvalue weighted by Gasteiger charge is 2.31. The van der Waals surface area contributed by atoms with Gasteiger partial charge in [-0.1, -0.05) is 13.0 Å². The van der Waals surface area contributed by atoms with Crippen LogP contribution >= 0.6 is 0 Å². The smallest absolute Gasteiger partial charge is 0.175 e. The minimum atomic E-state index is -3.19. The number of nitrogens with two attached hydrogens (primary N) is 1. The molecule has 1 fully saturated rings. The Hall–Kier alpha value is -1.11. The Morgan fingerprint density at radius 2 is 2.19 bits per heavy atom. The van der Waals surface area contributed by atoms with Crippen molar-refractivity contribution >= 4 is 9.84 Å². The van der Waals surface area contributed by atoms with Crippen molar-refractivity contribution in [1.29, 1.82) is 0 Å². The van der Waals surface area contributed by atoms with Crippen LogP contribution in [0.4, 0.5) is 0 Å². The van der Waals surface area contributed by atoms with Crippen molar-refractivity contribution in [3.05, 3.63) is 24.3 Å². The molecule has 21 heavy (non-hydrogen) atoms. The van der Waals surface area contributed by atoms with E-state index in [1.807, 2.05) is 0 Å². The van der Waals surface area contributed by atoms with Gasteiger partial charge in [0.15, 0.2) is 9.84 Å². The highest BCUT2D eigenvalue weighted by molar-refractivity contribution is 7.90. The van der Waals surface area contributed by atoms with Gasteiger partial charge in [-0.2, -0.15) is 0 Å². The Balaban J connectivity index is 1.85. The van der Waals surface area contributed by atoms with Crippen LogP contribution in [-0.2, 0) is 9.84 Å². The van der Waals surface area contributed by atoms with Gasteiger partial charge in [0.2, 0.25) is 0 Å². The van der Waals surface area contributed by atoms with Crippen molar-refractivity contribution in [1.82, 2.24) is 4.90 Å². The zero-order valence-electron chi connectivity index (χ0n) is 12.7. The topological polar surface area (TPSA) is 72.6 Å². The summed E-state index contributed by atoms with van der Waals surface area (Å²) in [7, 11) is -3.19. The lowest BCUT2D eigenvalue weighted by Gasteiger charge is -2.22. The maximum atomic E-state index is 11.5. The second kappa shape index (κ2) is 6.34. The first kappa shape index (κ1) is 16.3. The number of rotatable bonds is 6. The van der Waals surface area contributed by atoms with Crippen LogP contribution in [0.25, 0.3) is 0 Å². The van der Waals surface area contributed by atoms with E-state index >= 15 is 0 Å². The van der Waals surface area contributed by atoms with Crippen LogP contribution < -0.4 is 10.5 Å². The Kier molecular flexibility index (Phi) is 4.91. The van der Waals surface area contributed by atoms with Crippen molar-refractivity contribution in [3.8, 4) is 5.75 Å². The summed E-state index contributed by atoms with van der Waals surface area (Å²) in [5.74, 6) is 0.596. The van der Waals surface area contributed by atoms with E-state index in [-0.39, 0.29) is 10.3 Å². The molecule has 5 nitrogen and oxygen atoms in total. The van der Waals surface area contributed by atoms with Crippen LogP contribution in [0.2, 0.25) is 0 Å². The van der Waals surface area contributed by atoms with Gasteiger partial charge in [0.1, 0.15) is 12.4 Å². The second-order valence-corrected chi connectivity index (χ2v) is 8.15. The van der Waals surface area contributed by atoms with E-state index in [0.717, 1.165) is 26.1 Å². The van der Waals surface area contributed by atoms with E-state index in [1.165, 1.54) is 6.26 Å². The molecule has 118 valence electrons. The Morgan fingerprint density at radius 1 is 1.43 bits per heavy atom. The van der Waals surface area contributed by atoms with Crippen LogP contribution in [0.3, 0.4) is 0 Å². The largest absolute Gasteiger partial charge is 0.492 e. The second-order valence-electron chi connectivity index (χ2n) is 6.14. The molecule has 1 heterocycles. The van der Waals surface area contributed by atoms with Gasteiger partial charge in [-0.05, 0) is 43.1 Å². The number of nitrogens with zero attached hydrogens (tertiary/aromatic N) is 1. The molecule has 1 saturated heterocycles. The van der Waals surface area contributed by atoms with E-state index in [2.05, 4.69) is 11.8 Å². The average molecular weight is 312 g/mol. The SMILES string of the molecule is CC1(CN)CCN(CCOc2cccc(S(C)(=O)=O)c2)C1. The van der Waals surface area contributed by atoms with Crippen LogP contribution in [-0.4, -0.2) is 52.4 Å². The Labute approximate surface area is 127 Å². The van der Waals surface area contributed by atoms with Crippen molar-refractivity contribution in [3.63, 3.8) is 0 Å². The predicted molar refractivity (Wildman–Crippen MR) is 83.3 cm³/mol. The van der Waals surface area contributed by atoms with Gasteiger partial charge in [-0.3, -0.25) is 4.90 Å². The highest BCUT2D eigenvalue weighted by atomic mass is 32.2. The fourth-order valence-electron chi connectivity index (χ4n) is 2.57. The Morgan fingerprint density at radius 3 is 2.81 bits per heavy atom. The molecule has 2 rings (SSSR count). The summed E-state index contributed by atoms with van der Waals surface area (Å²) in [6.45, 7) is 6.34. The number of benzene rings is 1. The quantitative estimate of drug-likeness (QED) is 0.853. The van der Waals surface area contributed by atoms with Gasteiger partial charge in [-0.25, -0.2) is 8.42 Å². The van der Waals surface area contributed by atoms with Gasteiger partial charge in [0, 0.05) is 19.3 Å². The third-order valence-corrected chi connectivity index (χ3v) is 5.15. The number of likely N-dealkylation sites (tertiary alicyclic amines) is 1. The van der Waals surface area contributed by atoms with Gasteiger partial charge >= 0.3 is 0 Å². The molecule has 0 saturated carbocycles. The molecule has 0 spiro atoms. The maximum Gasteiger partial charge on any atom is 0.175 e. The number of ether oxygens (including phenoxy) is 1. The molecule has 0 aromatic heterocycles. The van der Waals surface area contributed by atoms with Gasteiger partial charge in [0.05, 0.1) is 4.90 Å². The number of sulfone groups is 1. The summed E-state index contributed by atoms with van der Waals surface area (Å²) in [6, 6.07) is 6.63. The zero-order valence-corrected chi connectivity index (χ0v) is 13.5. The molecule has 0 aliphatic carbocycles. The molecule has 1 aliphatic heterocycles. The van der Waals surface area contributed by atoms with E-state index in [0.29, 0.717) is 18.9 Å². The van der Waals surface area contributed by atoms with Crippen molar-refractivity contribution < 1.29 is 13.2 Å². The fraction of sp³-hybridized carbons (Fsp3) is 0.600. The van der Waals surface area contributed by atoms with Gasteiger partial charge in [0.25, 0.3) is 0 Å². The molecular formula is C15H24N2O3S. The van der Waals surface area contributed by atoms with Crippen molar-refractivity contribution in [2.75, 3.05) is 39.0 Å². The third kappa shape index (κ3) is 4.43. The molecule has 6 heteroatoms.